The SMILES string of the molecule is CCC(Cc1cccn2cccc12)NC. The van der Waals surface area contributed by atoms with Crippen molar-refractivity contribution >= 4 is 5.52 Å². The maximum absolute atomic E-state index is 3.35. The molecule has 1 atom stereocenters. The van der Waals surface area contributed by atoms with Crippen LogP contribution >= 0.6 is 0 Å². The van der Waals surface area contributed by atoms with Gasteiger partial charge in [-0.3, -0.25) is 0 Å². The largest absolute Gasteiger partial charge is 0.324 e. The van der Waals surface area contributed by atoms with Gasteiger partial charge in [0.15, 0.2) is 0 Å². The minimum absolute atomic E-state index is 0.575. The first-order valence-electron chi connectivity index (χ1n) is 5.57. The second-order valence-corrected chi connectivity index (χ2v) is 3.93. The zero-order chi connectivity index (χ0) is 10.7. The van der Waals surface area contributed by atoms with Crippen LogP contribution in [0.25, 0.3) is 5.52 Å². The van der Waals surface area contributed by atoms with E-state index < -0.39 is 0 Å². The van der Waals surface area contributed by atoms with Gasteiger partial charge in [-0.1, -0.05) is 13.0 Å². The Morgan fingerprint density at radius 1 is 1.27 bits per heavy atom. The highest BCUT2D eigenvalue weighted by atomic mass is 14.9. The molecule has 2 aromatic heterocycles. The van der Waals surface area contributed by atoms with Gasteiger partial charge in [0.05, 0.1) is 0 Å². The molecule has 80 valence electrons. The molecule has 0 aliphatic carbocycles. The van der Waals surface area contributed by atoms with Crippen molar-refractivity contribution in [1.29, 1.82) is 0 Å². The maximum Gasteiger partial charge on any atom is 0.0482 e. The number of pyridine rings is 1. The molecule has 1 unspecified atom stereocenters. The molecule has 0 bridgehead atoms. The summed E-state index contributed by atoms with van der Waals surface area (Å²) in [5.74, 6) is 0. The third-order valence-electron chi connectivity index (χ3n) is 3.02. The summed E-state index contributed by atoms with van der Waals surface area (Å²) in [6.45, 7) is 2.22. The van der Waals surface area contributed by atoms with E-state index in [-0.39, 0.29) is 0 Å². The third-order valence-corrected chi connectivity index (χ3v) is 3.02. The number of nitrogens with one attached hydrogen (secondary N) is 1. The lowest BCUT2D eigenvalue weighted by Crippen LogP contribution is -2.26. The van der Waals surface area contributed by atoms with Crippen molar-refractivity contribution in [3.63, 3.8) is 0 Å². The van der Waals surface area contributed by atoms with Crippen LogP contribution in [0, 0.1) is 0 Å². The van der Waals surface area contributed by atoms with E-state index in [1.165, 1.54) is 11.1 Å². The first-order valence-corrected chi connectivity index (χ1v) is 5.57. The topological polar surface area (TPSA) is 16.4 Å². The van der Waals surface area contributed by atoms with Crippen LogP contribution in [0.1, 0.15) is 18.9 Å². The molecule has 0 spiro atoms. The van der Waals surface area contributed by atoms with E-state index in [2.05, 4.69) is 53.3 Å². The van der Waals surface area contributed by atoms with Crippen molar-refractivity contribution < 1.29 is 0 Å². The van der Waals surface area contributed by atoms with Crippen LogP contribution in [0.15, 0.2) is 36.7 Å². The lowest BCUT2D eigenvalue weighted by molar-refractivity contribution is 0.544. The van der Waals surface area contributed by atoms with Gasteiger partial charge >= 0.3 is 0 Å². The van der Waals surface area contributed by atoms with Crippen LogP contribution in [0.4, 0.5) is 0 Å². The molecule has 0 aromatic carbocycles. The fourth-order valence-corrected chi connectivity index (χ4v) is 2.02. The summed E-state index contributed by atoms with van der Waals surface area (Å²) in [5, 5.41) is 3.35. The quantitative estimate of drug-likeness (QED) is 0.805. The number of nitrogens with zero attached hydrogens (tertiary/aromatic N) is 1. The van der Waals surface area contributed by atoms with Gasteiger partial charge in [0, 0.05) is 24.0 Å². The zero-order valence-corrected chi connectivity index (χ0v) is 9.40. The first kappa shape index (κ1) is 10.2. The monoisotopic (exact) mass is 202 g/mol. The van der Waals surface area contributed by atoms with Gasteiger partial charge in [0.2, 0.25) is 0 Å². The summed E-state index contributed by atoms with van der Waals surface area (Å²) in [4.78, 5) is 0. The molecular weight excluding hydrogens is 184 g/mol. The lowest BCUT2D eigenvalue weighted by Gasteiger charge is -2.14. The highest BCUT2D eigenvalue weighted by Gasteiger charge is 2.07. The number of likely N-dealkylation sites (N-methyl/N-ethyl adjacent to an activating group) is 1. The number of rotatable bonds is 4. The Hall–Kier alpha value is -1.28. The Balaban J connectivity index is 2.30. The van der Waals surface area contributed by atoms with Gasteiger partial charge < -0.3 is 9.72 Å². The van der Waals surface area contributed by atoms with Crippen LogP contribution in [-0.4, -0.2) is 17.5 Å². The van der Waals surface area contributed by atoms with Crippen LogP contribution in [-0.2, 0) is 6.42 Å². The highest BCUT2D eigenvalue weighted by molar-refractivity contribution is 5.55. The molecule has 0 aliphatic rings. The standard InChI is InChI=1S/C13H18N2/c1-3-12(14-2)10-11-6-4-8-15-9-5-7-13(11)15/h4-9,12,14H,3,10H2,1-2H3. The van der Waals surface area contributed by atoms with Crippen molar-refractivity contribution in [2.75, 3.05) is 7.05 Å². The molecule has 15 heavy (non-hydrogen) atoms. The Morgan fingerprint density at radius 3 is 2.67 bits per heavy atom. The van der Waals surface area contributed by atoms with Gasteiger partial charge in [0.1, 0.15) is 0 Å². The summed E-state index contributed by atoms with van der Waals surface area (Å²) in [6.07, 6.45) is 6.46. The lowest BCUT2D eigenvalue weighted by atomic mass is 10.0. The minimum Gasteiger partial charge on any atom is -0.324 e. The van der Waals surface area contributed by atoms with Crippen molar-refractivity contribution in [3.8, 4) is 0 Å². The summed E-state index contributed by atoms with van der Waals surface area (Å²) in [7, 11) is 2.03. The predicted molar refractivity (Wildman–Crippen MR) is 64.2 cm³/mol. The number of hydrogen-bond donors (Lipinski definition) is 1. The number of hydrogen-bond acceptors (Lipinski definition) is 1. The Morgan fingerprint density at radius 2 is 2.00 bits per heavy atom. The third kappa shape index (κ3) is 2.05. The van der Waals surface area contributed by atoms with E-state index in [1.54, 1.807) is 0 Å². The van der Waals surface area contributed by atoms with E-state index in [0.29, 0.717) is 6.04 Å². The molecule has 0 fully saturated rings. The van der Waals surface area contributed by atoms with Crippen LogP contribution in [0.3, 0.4) is 0 Å². The fourth-order valence-electron chi connectivity index (χ4n) is 2.02. The normalized spacial score (nSPS) is 13.2. The highest BCUT2D eigenvalue weighted by Crippen LogP contribution is 2.14. The molecule has 2 heteroatoms. The van der Waals surface area contributed by atoms with E-state index >= 15 is 0 Å². The van der Waals surface area contributed by atoms with Crippen molar-refractivity contribution in [1.82, 2.24) is 9.72 Å². The van der Waals surface area contributed by atoms with Crippen LogP contribution in [0.5, 0.6) is 0 Å². The fraction of sp³-hybridized carbons (Fsp3) is 0.385. The molecule has 0 saturated heterocycles. The number of fused-ring (bicyclic) bond motifs is 1. The molecule has 2 aromatic rings. The molecule has 0 aliphatic heterocycles. The maximum atomic E-state index is 3.35. The first-order chi connectivity index (χ1) is 7.35. The molecule has 1 N–H and O–H groups in total. The molecule has 0 amide bonds. The van der Waals surface area contributed by atoms with Gasteiger partial charge in [-0.25, -0.2) is 0 Å². The van der Waals surface area contributed by atoms with Gasteiger partial charge in [-0.2, -0.15) is 0 Å². The summed E-state index contributed by atoms with van der Waals surface area (Å²) >= 11 is 0. The van der Waals surface area contributed by atoms with Crippen molar-refractivity contribution in [2.45, 2.75) is 25.8 Å². The summed E-state index contributed by atoms with van der Waals surface area (Å²) < 4.78 is 2.18. The molecule has 2 heterocycles. The average Bonchev–Trinajstić information content (AvgIpc) is 2.74. The number of aromatic nitrogens is 1. The van der Waals surface area contributed by atoms with E-state index in [9.17, 15) is 0 Å². The average molecular weight is 202 g/mol. The smallest absolute Gasteiger partial charge is 0.0482 e. The summed E-state index contributed by atoms with van der Waals surface area (Å²) in [5.41, 5.74) is 2.75. The van der Waals surface area contributed by atoms with E-state index in [4.69, 9.17) is 0 Å². The molecule has 0 saturated carbocycles. The van der Waals surface area contributed by atoms with Gasteiger partial charge in [0.25, 0.3) is 0 Å². The van der Waals surface area contributed by atoms with Gasteiger partial charge in [-0.15, -0.1) is 0 Å². The van der Waals surface area contributed by atoms with E-state index in [0.717, 1.165) is 12.8 Å². The van der Waals surface area contributed by atoms with E-state index in [1.807, 2.05) is 7.05 Å². The minimum atomic E-state index is 0.575. The second-order valence-electron chi connectivity index (χ2n) is 3.93. The molecular formula is C13H18N2. The van der Waals surface area contributed by atoms with Crippen LogP contribution in [0.2, 0.25) is 0 Å². The molecule has 2 nitrogen and oxygen atoms in total. The Labute approximate surface area is 90.9 Å². The van der Waals surface area contributed by atoms with Crippen molar-refractivity contribution in [2.24, 2.45) is 0 Å². The van der Waals surface area contributed by atoms with Crippen molar-refractivity contribution in [3.05, 3.63) is 42.2 Å². The molecule has 0 radical (unpaired) electrons. The summed E-state index contributed by atoms with van der Waals surface area (Å²) in [6, 6.07) is 9.18. The molecule has 2 rings (SSSR count). The van der Waals surface area contributed by atoms with Gasteiger partial charge in [-0.05, 0) is 43.7 Å². The Kier molecular flexibility index (Phi) is 3.07. The van der Waals surface area contributed by atoms with Crippen LogP contribution < -0.4 is 5.32 Å². The second kappa shape index (κ2) is 4.49. The Bertz CT molecular complexity index is 427. The predicted octanol–water partition coefficient (Wildman–Crippen LogP) is 2.48. The zero-order valence-electron chi connectivity index (χ0n) is 9.40.